The highest BCUT2D eigenvalue weighted by Gasteiger charge is 2.59. The van der Waals surface area contributed by atoms with E-state index >= 15 is 0 Å². The molecule has 0 aliphatic heterocycles. The Kier molecular flexibility index (Phi) is 5.05. The molecule has 1 rings (SSSR count). The number of hydrogen-bond donors (Lipinski definition) is 0. The van der Waals surface area contributed by atoms with Crippen LogP contribution in [0.4, 0.5) is 0 Å². The maximum Gasteiger partial charge on any atom is 0.183 e. The van der Waals surface area contributed by atoms with Gasteiger partial charge in [0.15, 0.2) is 8.32 Å². The summed E-state index contributed by atoms with van der Waals surface area (Å²) < 4.78 is 6.15. The van der Waals surface area contributed by atoms with Gasteiger partial charge in [0, 0.05) is 22.8 Å². The summed E-state index contributed by atoms with van der Waals surface area (Å²) in [5, 5.41) is 0. The van der Waals surface area contributed by atoms with Crippen molar-refractivity contribution in [2.45, 2.75) is 83.4 Å². The van der Waals surface area contributed by atoms with E-state index in [1.54, 1.807) is 0 Å². The molecule has 2 unspecified atom stereocenters. The normalized spacial score (nSPS) is 28.6. The Labute approximate surface area is 124 Å². The first kappa shape index (κ1) is 17.7. The Balaban J connectivity index is 2.64. The van der Waals surface area contributed by atoms with Crippen LogP contribution in [-0.2, 0) is 4.43 Å². The van der Waals surface area contributed by atoms with Gasteiger partial charge in [0.25, 0.3) is 0 Å². The van der Waals surface area contributed by atoms with Crippen molar-refractivity contribution in [2.24, 2.45) is 5.41 Å². The number of rotatable bonds is 7. The molecule has 0 aromatic carbocycles. The molecule has 0 saturated heterocycles. The highest BCUT2D eigenvalue weighted by molar-refractivity contribution is 6.80. The van der Waals surface area contributed by atoms with Gasteiger partial charge in [-0.15, -0.1) is 0 Å². The van der Waals surface area contributed by atoms with Crippen molar-refractivity contribution < 1.29 is 4.43 Å². The average Bonchev–Trinajstić information content (AvgIpc) is 2.72. The highest BCUT2D eigenvalue weighted by atomic mass is 28.4. The molecule has 0 radical (unpaired) electrons. The third-order valence-electron chi connectivity index (χ3n) is 4.25. The molecule has 0 heterocycles. The van der Waals surface area contributed by atoms with Crippen molar-refractivity contribution in [2.75, 3.05) is 6.61 Å². The van der Waals surface area contributed by atoms with E-state index in [4.69, 9.17) is 4.43 Å². The van der Waals surface area contributed by atoms with Gasteiger partial charge in [-0.1, -0.05) is 45.3 Å². The fourth-order valence-electron chi connectivity index (χ4n) is 3.75. The molecule has 19 heavy (non-hydrogen) atoms. The molecule has 4 heteroatoms. The summed E-state index contributed by atoms with van der Waals surface area (Å²) in [6.45, 7) is 23.2. The summed E-state index contributed by atoms with van der Waals surface area (Å²) in [5.74, 6) is 0. The first-order chi connectivity index (χ1) is 8.25. The zero-order valence-electron chi connectivity index (χ0n) is 14.8. The van der Waals surface area contributed by atoms with E-state index in [2.05, 4.69) is 58.9 Å². The second-order valence-electron chi connectivity index (χ2n) is 9.93. The third kappa shape index (κ3) is 5.86. The van der Waals surface area contributed by atoms with E-state index in [9.17, 15) is 0 Å². The molecule has 114 valence electrons. The van der Waals surface area contributed by atoms with E-state index in [0.29, 0.717) is 5.41 Å². The van der Waals surface area contributed by atoms with E-state index in [1.807, 2.05) is 0 Å². The Morgan fingerprint density at radius 2 is 1.47 bits per heavy atom. The summed E-state index contributed by atoms with van der Waals surface area (Å²) in [5.41, 5.74) is 1.73. The second-order valence-corrected chi connectivity index (χ2v) is 25.4. The average molecular weight is 317 g/mol. The molecule has 0 spiro atoms. The molecule has 2 atom stereocenters. The van der Waals surface area contributed by atoms with Crippen molar-refractivity contribution >= 4 is 24.5 Å². The largest absolute Gasteiger partial charge is 0.418 e. The minimum Gasteiger partial charge on any atom is -0.418 e. The lowest BCUT2D eigenvalue weighted by Crippen LogP contribution is -2.32. The number of hydrogen-bond acceptors (Lipinski definition) is 1. The molecule has 0 bridgehead atoms. The van der Waals surface area contributed by atoms with E-state index in [0.717, 1.165) is 12.1 Å². The molecule has 0 amide bonds. The van der Waals surface area contributed by atoms with Crippen LogP contribution in [0, 0.1) is 5.41 Å². The van der Waals surface area contributed by atoms with E-state index in [1.165, 1.54) is 18.9 Å². The van der Waals surface area contributed by atoms with Crippen LogP contribution in [0.3, 0.4) is 0 Å². The summed E-state index contributed by atoms with van der Waals surface area (Å²) in [4.78, 5) is 0. The van der Waals surface area contributed by atoms with Crippen LogP contribution in [0.15, 0.2) is 0 Å². The second kappa shape index (κ2) is 5.43. The lowest BCUT2D eigenvalue weighted by molar-refractivity contribution is 0.270. The molecular weight excluding hydrogens is 280 g/mol. The molecule has 1 fully saturated rings. The van der Waals surface area contributed by atoms with Gasteiger partial charge < -0.3 is 4.43 Å². The minimum absolute atomic E-state index is 0.675. The predicted molar refractivity (Wildman–Crippen MR) is 96.2 cm³/mol. The maximum atomic E-state index is 6.15. The van der Waals surface area contributed by atoms with Gasteiger partial charge in [0.1, 0.15) is 0 Å². The lowest BCUT2D eigenvalue weighted by Gasteiger charge is -2.30. The van der Waals surface area contributed by atoms with Gasteiger partial charge in [-0.2, -0.15) is 0 Å². The monoisotopic (exact) mass is 316 g/mol. The first-order valence-electron chi connectivity index (χ1n) is 7.89. The molecule has 1 aliphatic carbocycles. The van der Waals surface area contributed by atoms with Gasteiger partial charge in [0.05, 0.1) is 0 Å². The molecule has 0 N–H and O–H groups in total. The van der Waals surface area contributed by atoms with Gasteiger partial charge in [0.2, 0.25) is 0 Å². The van der Waals surface area contributed by atoms with Gasteiger partial charge in [-0.05, 0) is 43.4 Å². The van der Waals surface area contributed by atoms with Gasteiger partial charge in [-0.3, -0.25) is 0 Å². The fraction of sp³-hybridized carbons (Fsp3) is 1.00. The van der Waals surface area contributed by atoms with E-state index < -0.39 is 24.5 Å². The Bertz CT molecular complexity index is 309. The van der Waals surface area contributed by atoms with Crippen LogP contribution in [0.2, 0.25) is 70.5 Å². The van der Waals surface area contributed by atoms with Crippen molar-refractivity contribution in [3.8, 4) is 0 Å². The zero-order chi connectivity index (χ0) is 15.1. The van der Waals surface area contributed by atoms with Crippen molar-refractivity contribution in [1.29, 1.82) is 0 Å². The molecule has 0 aromatic rings. The first-order valence-corrected chi connectivity index (χ1v) is 18.6. The topological polar surface area (TPSA) is 9.23 Å². The molecule has 0 aromatic heterocycles. The Morgan fingerprint density at radius 1 is 0.947 bits per heavy atom. The smallest absolute Gasteiger partial charge is 0.183 e. The van der Waals surface area contributed by atoms with E-state index in [-0.39, 0.29) is 0 Å². The van der Waals surface area contributed by atoms with Gasteiger partial charge >= 0.3 is 0 Å². The third-order valence-corrected chi connectivity index (χ3v) is 9.99. The molecular formula is C15H36OSi3. The van der Waals surface area contributed by atoms with Gasteiger partial charge in [-0.25, -0.2) is 0 Å². The minimum atomic E-state index is -1.33. The van der Waals surface area contributed by atoms with Crippen LogP contribution in [0.25, 0.3) is 0 Å². The maximum absolute atomic E-state index is 6.15. The van der Waals surface area contributed by atoms with Crippen LogP contribution in [0.5, 0.6) is 0 Å². The summed E-state index contributed by atoms with van der Waals surface area (Å²) in [7, 11) is -3.28. The molecule has 1 saturated carbocycles. The Hall–Kier alpha value is 0.611. The quantitative estimate of drug-likeness (QED) is 0.550. The Morgan fingerprint density at radius 3 is 1.79 bits per heavy atom. The summed E-state index contributed by atoms with van der Waals surface area (Å²) >= 11 is 0. The fourth-order valence-corrected chi connectivity index (χ4v) is 10.4. The summed E-state index contributed by atoms with van der Waals surface area (Å²) in [6, 6.07) is 1.52. The summed E-state index contributed by atoms with van der Waals surface area (Å²) in [6.07, 6.45) is 2.83. The van der Waals surface area contributed by atoms with Crippen LogP contribution in [-0.4, -0.2) is 31.1 Å². The SMILES string of the molecule is C[Si](C)(C)CC1(CCO[Si](C)(C)C)CC1[Si](C)(C)C. The van der Waals surface area contributed by atoms with Crippen molar-refractivity contribution in [3.63, 3.8) is 0 Å². The predicted octanol–water partition coefficient (Wildman–Crippen LogP) is 5.66. The molecule has 1 nitrogen and oxygen atoms in total. The lowest BCUT2D eigenvalue weighted by atomic mass is 10.1. The zero-order valence-corrected chi connectivity index (χ0v) is 17.8. The van der Waals surface area contributed by atoms with Crippen LogP contribution in [0.1, 0.15) is 12.8 Å². The molecule has 1 aliphatic rings. The van der Waals surface area contributed by atoms with Crippen molar-refractivity contribution in [3.05, 3.63) is 0 Å². The van der Waals surface area contributed by atoms with Crippen molar-refractivity contribution in [1.82, 2.24) is 0 Å². The van der Waals surface area contributed by atoms with Crippen LogP contribution >= 0.6 is 0 Å². The standard InChI is InChI=1S/C15H36OSi3/c1-17(2,3)13-15(10-11-16-19(7,8)9)12-14(15)18(4,5)6/h14H,10-13H2,1-9H3. The van der Waals surface area contributed by atoms with Crippen LogP contribution < -0.4 is 0 Å². The highest BCUT2D eigenvalue weighted by Crippen LogP contribution is 2.68.